The van der Waals surface area contributed by atoms with Crippen LogP contribution >= 0.6 is 11.3 Å². The summed E-state index contributed by atoms with van der Waals surface area (Å²) in [5.74, 6) is 0. The van der Waals surface area contributed by atoms with Crippen LogP contribution in [-0.4, -0.2) is 0 Å². The van der Waals surface area contributed by atoms with Gasteiger partial charge in [-0.25, -0.2) is 0 Å². The van der Waals surface area contributed by atoms with Gasteiger partial charge in [0.2, 0.25) is 0 Å². The summed E-state index contributed by atoms with van der Waals surface area (Å²) in [4.78, 5) is 2.62. The third-order valence-electron chi connectivity index (χ3n) is 2.81. The number of aryl methyl sites for hydroxylation is 3. The van der Waals surface area contributed by atoms with Gasteiger partial charge in [0, 0.05) is 16.3 Å². The molecule has 1 heterocycles. The highest BCUT2D eigenvalue weighted by Gasteiger charge is 2.09. The molecule has 1 nitrogen and oxygen atoms in total. The summed E-state index contributed by atoms with van der Waals surface area (Å²) in [6.45, 7) is 7.09. The summed E-state index contributed by atoms with van der Waals surface area (Å²) in [7, 11) is 0. The normalized spacial score (nSPS) is 10.8. The largest absolute Gasteiger partial charge is 0.326 e. The van der Waals surface area contributed by atoms with Gasteiger partial charge in [0.25, 0.3) is 0 Å². The van der Waals surface area contributed by atoms with Crippen molar-refractivity contribution in [3.05, 3.63) is 45.8 Å². The van der Waals surface area contributed by atoms with Crippen LogP contribution in [0.5, 0.6) is 0 Å². The topological polar surface area (TPSA) is 26.0 Å². The van der Waals surface area contributed by atoms with Gasteiger partial charge in [-0.15, -0.1) is 11.3 Å². The minimum Gasteiger partial charge on any atom is -0.326 e. The first-order chi connectivity index (χ1) is 7.61. The van der Waals surface area contributed by atoms with E-state index in [9.17, 15) is 0 Å². The van der Waals surface area contributed by atoms with Crippen molar-refractivity contribution in [2.75, 3.05) is 0 Å². The molecule has 0 aliphatic heterocycles. The Morgan fingerprint density at radius 2 is 1.81 bits per heavy atom. The Bertz CT molecular complexity index is 511. The van der Waals surface area contributed by atoms with E-state index in [1.54, 1.807) is 0 Å². The molecule has 84 valence electrons. The first-order valence-corrected chi connectivity index (χ1v) is 6.30. The van der Waals surface area contributed by atoms with Crippen molar-refractivity contribution in [3.63, 3.8) is 0 Å². The van der Waals surface area contributed by atoms with Crippen LogP contribution in [0.25, 0.3) is 10.4 Å². The second-order valence-electron chi connectivity index (χ2n) is 4.25. The van der Waals surface area contributed by atoms with Crippen molar-refractivity contribution < 1.29 is 0 Å². The molecule has 1 aromatic carbocycles. The lowest BCUT2D eigenvalue weighted by atomic mass is 10.0. The number of rotatable bonds is 2. The summed E-state index contributed by atoms with van der Waals surface area (Å²) in [5.41, 5.74) is 11.0. The number of thiophene rings is 1. The van der Waals surface area contributed by atoms with E-state index in [0.717, 1.165) is 0 Å². The Labute approximate surface area is 101 Å². The van der Waals surface area contributed by atoms with Gasteiger partial charge in [0.15, 0.2) is 0 Å². The zero-order valence-corrected chi connectivity index (χ0v) is 10.8. The lowest BCUT2D eigenvalue weighted by molar-refractivity contribution is 1.10. The molecule has 2 rings (SSSR count). The van der Waals surface area contributed by atoms with E-state index in [1.807, 2.05) is 11.3 Å². The molecule has 0 spiro atoms. The van der Waals surface area contributed by atoms with Crippen LogP contribution in [-0.2, 0) is 6.54 Å². The van der Waals surface area contributed by atoms with E-state index in [0.29, 0.717) is 6.54 Å². The lowest BCUT2D eigenvalue weighted by Crippen LogP contribution is -1.91. The maximum absolute atomic E-state index is 5.69. The first kappa shape index (κ1) is 11.4. The van der Waals surface area contributed by atoms with Crippen molar-refractivity contribution in [2.45, 2.75) is 27.3 Å². The van der Waals surface area contributed by atoms with Gasteiger partial charge in [-0.3, -0.25) is 0 Å². The molecule has 0 saturated heterocycles. The van der Waals surface area contributed by atoms with E-state index < -0.39 is 0 Å². The molecular weight excluding hydrogens is 214 g/mol. The maximum Gasteiger partial charge on any atom is 0.0378 e. The highest BCUT2D eigenvalue weighted by atomic mass is 32.1. The number of nitrogens with two attached hydrogens (primary N) is 1. The average Bonchev–Trinajstić information content (AvgIpc) is 2.63. The van der Waals surface area contributed by atoms with Crippen LogP contribution < -0.4 is 5.73 Å². The molecule has 0 amide bonds. The molecule has 0 atom stereocenters. The standard InChI is InChI=1S/C14H17NS/c1-9-4-5-10(2)13(6-9)14-11(3)7-12(8-15)16-14/h4-7H,8,15H2,1-3H3. The summed E-state index contributed by atoms with van der Waals surface area (Å²) < 4.78 is 0. The Hall–Kier alpha value is -1.12. The predicted octanol–water partition coefficient (Wildman–Crippen LogP) is 3.80. The van der Waals surface area contributed by atoms with E-state index in [4.69, 9.17) is 5.73 Å². The Morgan fingerprint density at radius 3 is 2.44 bits per heavy atom. The summed E-state index contributed by atoms with van der Waals surface area (Å²) in [6.07, 6.45) is 0. The van der Waals surface area contributed by atoms with Gasteiger partial charge in [-0.05, 0) is 43.5 Å². The summed E-state index contributed by atoms with van der Waals surface area (Å²) in [6, 6.07) is 8.80. The lowest BCUT2D eigenvalue weighted by Gasteiger charge is -2.06. The molecule has 0 unspecified atom stereocenters. The zero-order chi connectivity index (χ0) is 11.7. The zero-order valence-electron chi connectivity index (χ0n) is 10.0. The van der Waals surface area contributed by atoms with E-state index in [1.165, 1.54) is 32.0 Å². The van der Waals surface area contributed by atoms with Crippen molar-refractivity contribution in [1.29, 1.82) is 0 Å². The fourth-order valence-corrected chi connectivity index (χ4v) is 3.03. The van der Waals surface area contributed by atoms with Crippen LogP contribution in [0.2, 0.25) is 0 Å². The van der Waals surface area contributed by atoms with E-state index in [2.05, 4.69) is 45.0 Å². The fourth-order valence-electron chi connectivity index (χ4n) is 1.90. The molecule has 0 fully saturated rings. The van der Waals surface area contributed by atoms with Crippen molar-refractivity contribution >= 4 is 11.3 Å². The second kappa shape index (κ2) is 4.40. The second-order valence-corrected chi connectivity index (χ2v) is 5.38. The summed E-state index contributed by atoms with van der Waals surface area (Å²) in [5, 5.41) is 0. The average molecular weight is 231 g/mol. The Balaban J connectivity index is 2.57. The third kappa shape index (κ3) is 2.04. The van der Waals surface area contributed by atoms with Crippen LogP contribution in [0.4, 0.5) is 0 Å². The quantitative estimate of drug-likeness (QED) is 0.836. The molecule has 16 heavy (non-hydrogen) atoms. The number of hydrogen-bond acceptors (Lipinski definition) is 2. The maximum atomic E-state index is 5.69. The molecule has 0 aliphatic carbocycles. The minimum atomic E-state index is 0.635. The van der Waals surface area contributed by atoms with E-state index in [-0.39, 0.29) is 0 Å². The molecule has 2 N–H and O–H groups in total. The van der Waals surface area contributed by atoms with Gasteiger partial charge in [0.1, 0.15) is 0 Å². The summed E-state index contributed by atoms with van der Waals surface area (Å²) >= 11 is 1.81. The molecule has 0 aliphatic rings. The number of hydrogen-bond donors (Lipinski definition) is 1. The number of benzene rings is 1. The fraction of sp³-hybridized carbons (Fsp3) is 0.286. The molecule has 2 aromatic rings. The van der Waals surface area contributed by atoms with Crippen LogP contribution in [0.3, 0.4) is 0 Å². The SMILES string of the molecule is Cc1ccc(C)c(-c2sc(CN)cc2C)c1. The molecule has 0 radical (unpaired) electrons. The third-order valence-corrected chi connectivity index (χ3v) is 4.10. The van der Waals surface area contributed by atoms with E-state index >= 15 is 0 Å². The Kier molecular flexibility index (Phi) is 3.13. The molecule has 0 bridgehead atoms. The smallest absolute Gasteiger partial charge is 0.0378 e. The van der Waals surface area contributed by atoms with Crippen LogP contribution in [0.15, 0.2) is 24.3 Å². The van der Waals surface area contributed by atoms with Crippen molar-refractivity contribution in [3.8, 4) is 10.4 Å². The van der Waals surface area contributed by atoms with Crippen LogP contribution in [0, 0.1) is 20.8 Å². The van der Waals surface area contributed by atoms with Crippen molar-refractivity contribution in [1.82, 2.24) is 0 Å². The predicted molar refractivity (Wildman–Crippen MR) is 71.9 cm³/mol. The minimum absolute atomic E-state index is 0.635. The van der Waals surface area contributed by atoms with Gasteiger partial charge in [0.05, 0.1) is 0 Å². The molecule has 0 saturated carbocycles. The Morgan fingerprint density at radius 1 is 1.06 bits per heavy atom. The molecular formula is C14H17NS. The molecule has 2 heteroatoms. The van der Waals surface area contributed by atoms with Crippen molar-refractivity contribution in [2.24, 2.45) is 5.73 Å². The van der Waals surface area contributed by atoms with Gasteiger partial charge in [-0.1, -0.05) is 23.8 Å². The van der Waals surface area contributed by atoms with Gasteiger partial charge in [-0.2, -0.15) is 0 Å². The van der Waals surface area contributed by atoms with Gasteiger partial charge >= 0.3 is 0 Å². The highest BCUT2D eigenvalue weighted by Crippen LogP contribution is 2.34. The monoisotopic (exact) mass is 231 g/mol. The van der Waals surface area contributed by atoms with Crippen LogP contribution in [0.1, 0.15) is 21.6 Å². The highest BCUT2D eigenvalue weighted by molar-refractivity contribution is 7.15. The molecule has 1 aromatic heterocycles. The first-order valence-electron chi connectivity index (χ1n) is 5.49. The van der Waals surface area contributed by atoms with Gasteiger partial charge < -0.3 is 5.73 Å².